The summed E-state index contributed by atoms with van der Waals surface area (Å²) in [6.07, 6.45) is 12.2. The van der Waals surface area contributed by atoms with Gasteiger partial charge in [0.1, 0.15) is 5.76 Å². The Balaban J connectivity index is 1.25. The third-order valence-corrected chi connectivity index (χ3v) is 7.99. The van der Waals surface area contributed by atoms with Crippen molar-refractivity contribution in [3.05, 3.63) is 18.1 Å². The number of thioether (sulfide) groups is 1. The van der Waals surface area contributed by atoms with E-state index >= 15 is 0 Å². The average molecular weight is 358 g/mol. The number of nitrogens with zero attached hydrogens (tertiary/aromatic N) is 3. The van der Waals surface area contributed by atoms with Crippen LogP contribution in [0.4, 0.5) is 0 Å². The normalized spacial score (nSPS) is 33.3. The molecule has 4 saturated carbocycles. The summed E-state index contributed by atoms with van der Waals surface area (Å²) in [7, 11) is 2.06. The van der Waals surface area contributed by atoms with Crippen LogP contribution in [0.5, 0.6) is 0 Å². The minimum atomic E-state index is 0.657. The predicted octanol–water partition coefficient (Wildman–Crippen LogP) is 5.08. The van der Waals surface area contributed by atoms with Crippen molar-refractivity contribution >= 4 is 11.8 Å². The number of furan rings is 1. The molecule has 4 bridgehead atoms. The van der Waals surface area contributed by atoms with Gasteiger partial charge in [-0.1, -0.05) is 11.8 Å². The van der Waals surface area contributed by atoms with Crippen LogP contribution < -0.4 is 0 Å². The summed E-state index contributed by atoms with van der Waals surface area (Å²) in [6, 6.07) is 1.98. The van der Waals surface area contributed by atoms with Crippen molar-refractivity contribution < 1.29 is 4.42 Å². The second kappa shape index (κ2) is 5.90. The van der Waals surface area contributed by atoms with Crippen molar-refractivity contribution in [2.45, 2.75) is 57.0 Å². The van der Waals surface area contributed by atoms with Crippen LogP contribution in [-0.4, -0.2) is 20.5 Å². The summed E-state index contributed by atoms with van der Waals surface area (Å²) in [5.41, 5.74) is 1.70. The lowest BCUT2D eigenvalue weighted by Crippen LogP contribution is -2.46. The van der Waals surface area contributed by atoms with Crippen LogP contribution in [0.2, 0.25) is 0 Å². The Morgan fingerprint density at radius 3 is 2.44 bits per heavy atom. The maximum Gasteiger partial charge on any atom is 0.191 e. The molecule has 0 atom stereocenters. The average Bonchev–Trinajstić information content (AvgIpc) is 3.12. The van der Waals surface area contributed by atoms with Gasteiger partial charge in [0.2, 0.25) is 0 Å². The molecule has 5 heteroatoms. The van der Waals surface area contributed by atoms with Crippen molar-refractivity contribution in [3.8, 4) is 11.4 Å². The van der Waals surface area contributed by atoms with E-state index in [4.69, 9.17) is 4.42 Å². The summed E-state index contributed by atoms with van der Waals surface area (Å²) in [5, 5.41) is 9.86. The first-order valence-electron chi connectivity index (χ1n) is 9.68. The lowest BCUT2D eigenvalue weighted by atomic mass is 9.49. The first-order chi connectivity index (χ1) is 12.1. The summed E-state index contributed by atoms with van der Waals surface area (Å²) < 4.78 is 7.53. The van der Waals surface area contributed by atoms with Gasteiger partial charge in [-0.3, -0.25) is 0 Å². The molecule has 134 valence electrons. The molecule has 4 aliphatic carbocycles. The van der Waals surface area contributed by atoms with E-state index in [-0.39, 0.29) is 0 Å². The van der Waals surface area contributed by atoms with Gasteiger partial charge in [-0.05, 0) is 81.1 Å². The highest BCUT2D eigenvalue weighted by Gasteiger charge is 2.50. The Hall–Kier alpha value is -1.23. The van der Waals surface area contributed by atoms with Crippen molar-refractivity contribution in [2.75, 3.05) is 5.75 Å². The van der Waals surface area contributed by atoms with E-state index in [2.05, 4.69) is 21.8 Å². The Labute approximate surface area is 153 Å². The van der Waals surface area contributed by atoms with Crippen molar-refractivity contribution in [2.24, 2.45) is 30.2 Å². The van der Waals surface area contributed by atoms with Crippen LogP contribution in [0.15, 0.2) is 21.9 Å². The SMILES string of the molecule is Cc1occc1-c1nnc(SCCC23CC4CC(CC(C4)C2)C3)n1C. The second-order valence-electron chi connectivity index (χ2n) is 8.77. The number of hydrogen-bond donors (Lipinski definition) is 0. The molecule has 4 fully saturated rings. The fraction of sp³-hybridized carbons (Fsp3) is 0.700. The first kappa shape index (κ1) is 16.0. The molecule has 4 aliphatic rings. The standard InChI is InChI=1S/C20H27N3OS/c1-13-17(3-5-24-13)18-21-22-19(23(18)2)25-6-4-20-10-14-7-15(11-20)9-16(8-14)12-20/h3,5,14-16H,4,6-12H2,1-2H3. The van der Waals surface area contributed by atoms with E-state index in [1.807, 2.05) is 24.8 Å². The van der Waals surface area contributed by atoms with Gasteiger partial charge in [0, 0.05) is 12.8 Å². The van der Waals surface area contributed by atoms with Crippen molar-refractivity contribution in [1.82, 2.24) is 14.8 Å². The molecule has 2 aromatic rings. The molecule has 2 heterocycles. The third-order valence-electron chi connectivity index (χ3n) is 6.96. The highest BCUT2D eigenvalue weighted by Crippen LogP contribution is 2.61. The van der Waals surface area contributed by atoms with Gasteiger partial charge in [-0.25, -0.2) is 0 Å². The monoisotopic (exact) mass is 357 g/mol. The van der Waals surface area contributed by atoms with Gasteiger partial charge in [0.05, 0.1) is 11.8 Å². The molecule has 0 aromatic carbocycles. The topological polar surface area (TPSA) is 43.9 Å². The molecule has 0 saturated heterocycles. The van der Waals surface area contributed by atoms with E-state index < -0.39 is 0 Å². The van der Waals surface area contributed by atoms with Gasteiger partial charge < -0.3 is 8.98 Å². The van der Waals surface area contributed by atoms with E-state index in [1.165, 1.54) is 50.7 Å². The van der Waals surface area contributed by atoms with Crippen molar-refractivity contribution in [1.29, 1.82) is 0 Å². The van der Waals surface area contributed by atoms with Crippen LogP contribution in [0.3, 0.4) is 0 Å². The second-order valence-corrected chi connectivity index (χ2v) is 9.83. The molecule has 2 aromatic heterocycles. The van der Waals surface area contributed by atoms with Gasteiger partial charge in [0.15, 0.2) is 11.0 Å². The molecule has 0 aliphatic heterocycles. The van der Waals surface area contributed by atoms with Crippen LogP contribution in [0, 0.1) is 30.1 Å². The number of rotatable bonds is 5. The van der Waals surface area contributed by atoms with Gasteiger partial charge in [-0.2, -0.15) is 0 Å². The molecule has 4 nitrogen and oxygen atoms in total. The Bertz CT molecular complexity index is 742. The highest BCUT2D eigenvalue weighted by atomic mass is 32.2. The van der Waals surface area contributed by atoms with Gasteiger partial charge in [0.25, 0.3) is 0 Å². The van der Waals surface area contributed by atoms with E-state index in [1.54, 1.807) is 6.26 Å². The summed E-state index contributed by atoms with van der Waals surface area (Å²) >= 11 is 1.88. The maximum absolute atomic E-state index is 5.41. The molecule has 0 radical (unpaired) electrons. The molecule has 25 heavy (non-hydrogen) atoms. The molecule has 0 spiro atoms. The minimum Gasteiger partial charge on any atom is -0.469 e. The smallest absolute Gasteiger partial charge is 0.191 e. The summed E-state index contributed by atoms with van der Waals surface area (Å²) in [5.74, 6) is 6.11. The Kier molecular flexibility index (Phi) is 3.77. The van der Waals surface area contributed by atoms with E-state index in [0.29, 0.717) is 5.41 Å². The fourth-order valence-electron chi connectivity index (χ4n) is 6.25. The lowest BCUT2D eigenvalue weighted by Gasteiger charge is -2.57. The predicted molar refractivity (Wildman–Crippen MR) is 99.4 cm³/mol. The van der Waals surface area contributed by atoms with Gasteiger partial charge >= 0.3 is 0 Å². The van der Waals surface area contributed by atoms with Crippen LogP contribution in [-0.2, 0) is 7.05 Å². The number of hydrogen-bond acceptors (Lipinski definition) is 4. The zero-order valence-electron chi connectivity index (χ0n) is 15.2. The Morgan fingerprint density at radius 2 is 1.84 bits per heavy atom. The number of aryl methyl sites for hydroxylation is 1. The van der Waals surface area contributed by atoms with Crippen LogP contribution >= 0.6 is 11.8 Å². The van der Waals surface area contributed by atoms with Crippen LogP contribution in [0.25, 0.3) is 11.4 Å². The fourth-order valence-corrected chi connectivity index (χ4v) is 7.34. The minimum absolute atomic E-state index is 0.657. The van der Waals surface area contributed by atoms with Crippen LogP contribution in [0.1, 0.15) is 50.7 Å². The third kappa shape index (κ3) is 2.75. The zero-order valence-corrected chi connectivity index (χ0v) is 16.0. The molecule has 0 unspecified atom stereocenters. The highest BCUT2D eigenvalue weighted by molar-refractivity contribution is 7.99. The Morgan fingerprint density at radius 1 is 1.16 bits per heavy atom. The van der Waals surface area contributed by atoms with Crippen molar-refractivity contribution in [3.63, 3.8) is 0 Å². The molecule has 0 N–H and O–H groups in total. The first-order valence-corrected chi connectivity index (χ1v) is 10.7. The summed E-state index contributed by atoms with van der Waals surface area (Å²) in [6.45, 7) is 1.98. The number of aromatic nitrogens is 3. The van der Waals surface area contributed by atoms with E-state index in [0.717, 1.165) is 40.1 Å². The largest absolute Gasteiger partial charge is 0.469 e. The molecule has 6 rings (SSSR count). The molecular formula is C20H27N3OS. The molecular weight excluding hydrogens is 330 g/mol. The zero-order chi connectivity index (χ0) is 17.0. The lowest BCUT2D eigenvalue weighted by molar-refractivity contribution is -0.0538. The molecule has 0 amide bonds. The maximum atomic E-state index is 5.41. The van der Waals surface area contributed by atoms with E-state index in [9.17, 15) is 0 Å². The van der Waals surface area contributed by atoms with Gasteiger partial charge in [-0.15, -0.1) is 10.2 Å². The quantitative estimate of drug-likeness (QED) is 0.700. The summed E-state index contributed by atoms with van der Waals surface area (Å²) in [4.78, 5) is 0.